The molecule has 0 spiro atoms. The van der Waals surface area contributed by atoms with Crippen molar-refractivity contribution in [3.8, 4) is 0 Å². The minimum atomic E-state index is 0.209. The van der Waals surface area contributed by atoms with Crippen LogP contribution in [-0.4, -0.2) is 15.0 Å². The normalized spacial score (nSPS) is 10.7. The molecule has 2 heterocycles. The van der Waals surface area contributed by atoms with Gasteiger partial charge in [-0.1, -0.05) is 11.6 Å². The molecule has 2 rings (SSSR count). The van der Waals surface area contributed by atoms with E-state index in [2.05, 4.69) is 37.5 Å². The molecule has 0 saturated heterocycles. The van der Waals surface area contributed by atoms with E-state index in [0.717, 1.165) is 9.22 Å². The Labute approximate surface area is 97.6 Å². The van der Waals surface area contributed by atoms with Crippen molar-refractivity contribution in [3.63, 3.8) is 0 Å². The number of fused-ring (bicyclic) bond motifs is 1. The molecule has 0 aliphatic heterocycles. The third-order valence-electron chi connectivity index (χ3n) is 1.43. The summed E-state index contributed by atoms with van der Waals surface area (Å²) in [5.74, 6) is 0. The van der Waals surface area contributed by atoms with Gasteiger partial charge in [0, 0.05) is 6.20 Å². The summed E-state index contributed by atoms with van der Waals surface area (Å²) >= 11 is 13.5. The van der Waals surface area contributed by atoms with Crippen LogP contribution in [0.3, 0.4) is 0 Å². The van der Waals surface area contributed by atoms with Crippen molar-refractivity contribution in [2.75, 3.05) is 0 Å². The molecule has 13 heavy (non-hydrogen) atoms. The average Bonchev–Trinajstić information content (AvgIpc) is 2.02. The molecule has 0 N–H and O–H groups in total. The van der Waals surface area contributed by atoms with Gasteiger partial charge in [0.2, 0.25) is 5.28 Å². The van der Waals surface area contributed by atoms with Gasteiger partial charge in [-0.3, -0.25) is 4.98 Å². The van der Waals surface area contributed by atoms with Crippen molar-refractivity contribution in [1.82, 2.24) is 15.0 Å². The Morgan fingerprint density at radius 2 is 2.00 bits per heavy atom. The average molecular weight is 326 g/mol. The van der Waals surface area contributed by atoms with E-state index >= 15 is 0 Å². The first-order valence-electron chi connectivity index (χ1n) is 3.31. The molecule has 3 nitrogen and oxygen atoms in total. The van der Waals surface area contributed by atoms with Crippen LogP contribution < -0.4 is 0 Å². The summed E-state index contributed by atoms with van der Waals surface area (Å²) < 4.78 is 0.726. The molecule has 0 bridgehead atoms. The fourth-order valence-corrected chi connectivity index (χ4v) is 2.05. The second-order valence-electron chi connectivity index (χ2n) is 2.30. The number of hydrogen-bond donors (Lipinski definition) is 0. The van der Waals surface area contributed by atoms with Gasteiger partial charge in [-0.2, -0.15) is 0 Å². The van der Waals surface area contributed by atoms with Gasteiger partial charge in [0.25, 0.3) is 0 Å². The highest BCUT2D eigenvalue weighted by atomic mass is 127. The van der Waals surface area contributed by atoms with Crippen LogP contribution >= 0.6 is 45.8 Å². The van der Waals surface area contributed by atoms with Crippen molar-refractivity contribution in [2.24, 2.45) is 0 Å². The van der Waals surface area contributed by atoms with Crippen molar-refractivity contribution in [3.05, 3.63) is 26.3 Å². The largest absolute Gasteiger partial charge is 0.250 e. The van der Waals surface area contributed by atoms with Crippen LogP contribution in [0.4, 0.5) is 0 Å². The Bertz CT molecular complexity index is 469. The number of pyridine rings is 1. The third kappa shape index (κ3) is 1.84. The van der Waals surface area contributed by atoms with Gasteiger partial charge in [-0.15, -0.1) is 0 Å². The van der Waals surface area contributed by atoms with Gasteiger partial charge in [0.05, 0.1) is 10.5 Å². The van der Waals surface area contributed by atoms with Gasteiger partial charge >= 0.3 is 0 Å². The zero-order chi connectivity index (χ0) is 9.42. The minimum Gasteiger partial charge on any atom is -0.250 e. The monoisotopic (exact) mass is 325 g/mol. The van der Waals surface area contributed by atoms with Crippen LogP contribution in [0.2, 0.25) is 10.3 Å². The molecule has 0 unspecified atom stereocenters. The molecule has 2 aromatic heterocycles. The number of nitrogens with zero attached hydrogens (tertiary/aromatic N) is 3. The summed E-state index contributed by atoms with van der Waals surface area (Å²) in [6.45, 7) is 0. The fraction of sp³-hybridized carbons (Fsp3) is 0. The molecule has 0 aliphatic rings. The van der Waals surface area contributed by atoms with E-state index < -0.39 is 0 Å². The predicted molar refractivity (Wildman–Crippen MR) is 60.1 cm³/mol. The van der Waals surface area contributed by atoms with Crippen molar-refractivity contribution < 1.29 is 0 Å². The lowest BCUT2D eigenvalue weighted by molar-refractivity contribution is 1.17. The second-order valence-corrected chi connectivity index (χ2v) is 4.10. The van der Waals surface area contributed by atoms with Crippen LogP contribution in [0, 0.1) is 3.70 Å². The first kappa shape index (κ1) is 9.36. The quantitative estimate of drug-likeness (QED) is 0.424. The van der Waals surface area contributed by atoms with Crippen LogP contribution in [0.5, 0.6) is 0 Å². The predicted octanol–water partition coefficient (Wildman–Crippen LogP) is 2.94. The first-order valence-corrected chi connectivity index (χ1v) is 5.14. The van der Waals surface area contributed by atoms with E-state index in [1.807, 2.05) is 0 Å². The molecule has 0 aliphatic carbocycles. The Hall–Kier alpha value is -0.200. The summed E-state index contributed by atoms with van der Waals surface area (Å²) in [6.07, 6.45) is 1.56. The molecule has 2 aromatic rings. The lowest BCUT2D eigenvalue weighted by atomic mass is 10.4. The minimum absolute atomic E-state index is 0.209. The van der Waals surface area contributed by atoms with Crippen molar-refractivity contribution in [1.29, 1.82) is 0 Å². The maximum absolute atomic E-state index is 5.75. The molecular formula is C7H2Cl2IN3. The molecule has 0 fully saturated rings. The van der Waals surface area contributed by atoms with E-state index in [9.17, 15) is 0 Å². The van der Waals surface area contributed by atoms with Crippen LogP contribution in [0.15, 0.2) is 12.3 Å². The third-order valence-corrected chi connectivity index (χ3v) is 2.56. The maximum Gasteiger partial charge on any atom is 0.224 e. The molecule has 0 atom stereocenters. The topological polar surface area (TPSA) is 38.7 Å². The molecule has 0 aromatic carbocycles. The van der Waals surface area contributed by atoms with E-state index in [4.69, 9.17) is 23.2 Å². The smallest absolute Gasteiger partial charge is 0.224 e. The lowest BCUT2D eigenvalue weighted by Crippen LogP contribution is -1.91. The highest BCUT2D eigenvalue weighted by Gasteiger charge is 2.05. The van der Waals surface area contributed by atoms with Crippen LogP contribution in [0.25, 0.3) is 11.0 Å². The molecular weight excluding hydrogens is 324 g/mol. The van der Waals surface area contributed by atoms with Crippen molar-refractivity contribution >= 4 is 56.8 Å². The van der Waals surface area contributed by atoms with E-state index in [1.165, 1.54) is 0 Å². The number of aromatic nitrogens is 3. The summed E-state index contributed by atoms with van der Waals surface area (Å²) in [5.41, 5.74) is 1.38. The van der Waals surface area contributed by atoms with Gasteiger partial charge in [-0.25, -0.2) is 9.97 Å². The summed E-state index contributed by atoms with van der Waals surface area (Å²) in [6, 6.07) is 1.71. The summed E-state index contributed by atoms with van der Waals surface area (Å²) in [4.78, 5) is 12.1. The fourth-order valence-electron chi connectivity index (χ4n) is 0.931. The molecule has 0 saturated carbocycles. The zero-order valence-corrected chi connectivity index (χ0v) is 9.80. The van der Waals surface area contributed by atoms with Gasteiger partial charge in [0.15, 0.2) is 0 Å². The Morgan fingerprint density at radius 1 is 1.23 bits per heavy atom. The van der Waals surface area contributed by atoms with E-state index in [-0.39, 0.29) is 5.28 Å². The van der Waals surface area contributed by atoms with Crippen LogP contribution in [0.1, 0.15) is 0 Å². The standard InChI is InChI=1S/C7H2Cl2IN3/c8-3-1-4-5(11-2-3)6(10)13-7(9)12-4/h1-2H. The highest BCUT2D eigenvalue weighted by molar-refractivity contribution is 14.1. The lowest BCUT2D eigenvalue weighted by Gasteiger charge is -1.98. The number of halogens is 3. The zero-order valence-electron chi connectivity index (χ0n) is 6.13. The SMILES string of the molecule is Clc1cnc2c(I)nc(Cl)nc2c1. The summed E-state index contributed by atoms with van der Waals surface area (Å²) in [5, 5.41) is 0.749. The van der Waals surface area contributed by atoms with Crippen molar-refractivity contribution in [2.45, 2.75) is 0 Å². The summed E-state index contributed by atoms with van der Waals surface area (Å²) in [7, 11) is 0. The Kier molecular flexibility index (Phi) is 2.53. The second kappa shape index (κ2) is 3.51. The van der Waals surface area contributed by atoms with E-state index in [0.29, 0.717) is 10.5 Å². The maximum atomic E-state index is 5.75. The highest BCUT2D eigenvalue weighted by Crippen LogP contribution is 2.19. The number of hydrogen-bond acceptors (Lipinski definition) is 3. The van der Waals surface area contributed by atoms with E-state index in [1.54, 1.807) is 12.3 Å². The molecule has 6 heteroatoms. The van der Waals surface area contributed by atoms with Gasteiger partial charge in [-0.05, 0) is 40.3 Å². The Balaban J connectivity index is 2.86. The van der Waals surface area contributed by atoms with Crippen LogP contribution in [-0.2, 0) is 0 Å². The van der Waals surface area contributed by atoms with Gasteiger partial charge < -0.3 is 0 Å². The molecule has 0 radical (unpaired) electrons. The Morgan fingerprint density at radius 3 is 2.77 bits per heavy atom. The number of rotatable bonds is 0. The molecule has 66 valence electrons. The van der Waals surface area contributed by atoms with Gasteiger partial charge in [0.1, 0.15) is 9.22 Å². The first-order chi connectivity index (χ1) is 6.16. The molecule has 0 amide bonds.